The molecule has 2 N–H and O–H groups in total. The quantitative estimate of drug-likeness (QED) is 0.372. The number of allylic oxidation sites excluding steroid dienone is 7. The lowest BCUT2D eigenvalue weighted by atomic mass is 9.81. The van der Waals surface area contributed by atoms with E-state index >= 15 is 0 Å². The number of nitrogens with zero attached hydrogens (tertiary/aromatic N) is 2. The monoisotopic (exact) mass is 520 g/mol. The predicted molar refractivity (Wildman–Crippen MR) is 167 cm³/mol. The second-order valence-electron chi connectivity index (χ2n) is 12.3. The lowest BCUT2D eigenvalue weighted by molar-refractivity contribution is -0.437. The van der Waals surface area contributed by atoms with Crippen LogP contribution in [0.1, 0.15) is 84.8 Å². The molecule has 2 heterocycles. The Morgan fingerprint density at radius 1 is 0.846 bits per heavy atom. The van der Waals surface area contributed by atoms with Crippen LogP contribution in [0.25, 0.3) is 0 Å². The van der Waals surface area contributed by atoms with Crippen LogP contribution in [-0.4, -0.2) is 23.4 Å². The van der Waals surface area contributed by atoms with Gasteiger partial charge in [0, 0.05) is 53.2 Å². The fraction of sp³-hybridized carbons (Fsp3) is 0.417. The van der Waals surface area contributed by atoms with E-state index in [1.807, 2.05) is 0 Å². The molecule has 5 rings (SSSR count). The first-order valence-corrected chi connectivity index (χ1v) is 14.9. The molecule has 2 aromatic rings. The summed E-state index contributed by atoms with van der Waals surface area (Å²) in [5.74, 6) is 0. The van der Waals surface area contributed by atoms with Gasteiger partial charge in [-0.1, -0.05) is 76.2 Å². The molecule has 0 atom stereocenters. The SMILES string of the molecule is CCCN1C(=CC=C2CCCC(C=CC3=[N+](CCC)c4ccccc4C3(C)C)=C2N)C(C)(C)c2ccccc21. The number of nitrogens with two attached hydrogens (primary N) is 1. The molecule has 1 aliphatic carbocycles. The number of hydrogen-bond donors (Lipinski definition) is 1. The van der Waals surface area contributed by atoms with E-state index in [1.165, 1.54) is 45.1 Å². The Hall–Kier alpha value is -3.33. The van der Waals surface area contributed by atoms with E-state index in [4.69, 9.17) is 5.73 Å². The molecule has 39 heavy (non-hydrogen) atoms. The zero-order chi connectivity index (χ0) is 27.8. The van der Waals surface area contributed by atoms with Crippen molar-refractivity contribution < 1.29 is 4.58 Å². The van der Waals surface area contributed by atoms with E-state index < -0.39 is 0 Å². The highest BCUT2D eigenvalue weighted by molar-refractivity contribution is 6.03. The lowest BCUT2D eigenvalue weighted by Gasteiger charge is -2.27. The third-order valence-electron chi connectivity index (χ3n) is 8.96. The molecule has 0 saturated carbocycles. The maximum absolute atomic E-state index is 6.88. The number of para-hydroxylation sites is 2. The minimum absolute atomic E-state index is 0.0266. The number of benzene rings is 2. The van der Waals surface area contributed by atoms with Crippen LogP contribution in [0.3, 0.4) is 0 Å². The predicted octanol–water partition coefficient (Wildman–Crippen LogP) is 8.44. The van der Waals surface area contributed by atoms with E-state index in [-0.39, 0.29) is 10.8 Å². The van der Waals surface area contributed by atoms with Crippen LogP contribution in [0.15, 0.2) is 95.4 Å². The molecule has 2 aromatic carbocycles. The first-order valence-electron chi connectivity index (χ1n) is 14.9. The summed E-state index contributed by atoms with van der Waals surface area (Å²) in [6, 6.07) is 17.7. The smallest absolute Gasteiger partial charge is 0.209 e. The molecular weight excluding hydrogens is 474 g/mol. The van der Waals surface area contributed by atoms with Crippen molar-refractivity contribution in [2.24, 2.45) is 5.73 Å². The zero-order valence-electron chi connectivity index (χ0n) is 24.8. The largest absolute Gasteiger partial charge is 0.398 e. The van der Waals surface area contributed by atoms with E-state index in [0.29, 0.717) is 0 Å². The molecule has 0 amide bonds. The van der Waals surface area contributed by atoms with Crippen LogP contribution in [-0.2, 0) is 10.8 Å². The molecule has 3 heteroatoms. The van der Waals surface area contributed by atoms with Gasteiger partial charge in [-0.2, -0.15) is 4.58 Å². The molecule has 0 fully saturated rings. The second-order valence-corrected chi connectivity index (χ2v) is 12.3. The number of hydrogen-bond acceptors (Lipinski definition) is 2. The molecule has 0 bridgehead atoms. The molecule has 0 radical (unpaired) electrons. The highest BCUT2D eigenvalue weighted by Gasteiger charge is 2.44. The van der Waals surface area contributed by atoms with E-state index in [1.54, 1.807) is 0 Å². The van der Waals surface area contributed by atoms with Gasteiger partial charge in [0.1, 0.15) is 6.54 Å². The molecule has 3 aliphatic rings. The van der Waals surface area contributed by atoms with Gasteiger partial charge in [-0.15, -0.1) is 0 Å². The van der Waals surface area contributed by atoms with Gasteiger partial charge >= 0.3 is 0 Å². The summed E-state index contributed by atoms with van der Waals surface area (Å²) in [6.07, 6.45) is 14.7. The molecule has 2 aliphatic heterocycles. The zero-order valence-corrected chi connectivity index (χ0v) is 24.8. The number of fused-ring (bicyclic) bond motifs is 2. The highest BCUT2D eigenvalue weighted by Crippen LogP contribution is 2.48. The molecule has 0 unspecified atom stereocenters. The average molecular weight is 521 g/mol. The second kappa shape index (κ2) is 10.7. The molecule has 0 saturated heterocycles. The molecule has 204 valence electrons. The van der Waals surface area contributed by atoms with Crippen LogP contribution < -0.4 is 10.6 Å². The van der Waals surface area contributed by atoms with Gasteiger partial charge in [0.05, 0.1) is 5.41 Å². The first kappa shape index (κ1) is 27.2. The Bertz CT molecular complexity index is 1410. The maximum Gasteiger partial charge on any atom is 0.209 e. The Morgan fingerprint density at radius 2 is 1.56 bits per heavy atom. The van der Waals surface area contributed by atoms with Crippen LogP contribution in [0, 0.1) is 0 Å². The summed E-state index contributed by atoms with van der Waals surface area (Å²) in [7, 11) is 0. The Morgan fingerprint density at radius 3 is 2.31 bits per heavy atom. The molecule has 0 spiro atoms. The van der Waals surface area contributed by atoms with Gasteiger partial charge in [-0.05, 0) is 68.4 Å². The van der Waals surface area contributed by atoms with Crippen molar-refractivity contribution in [2.75, 3.05) is 18.0 Å². The molecular formula is C36H46N3+. The van der Waals surface area contributed by atoms with Crippen molar-refractivity contribution >= 4 is 17.1 Å². The van der Waals surface area contributed by atoms with Crippen molar-refractivity contribution in [1.82, 2.24) is 0 Å². The van der Waals surface area contributed by atoms with Gasteiger partial charge in [0.15, 0.2) is 5.71 Å². The summed E-state index contributed by atoms with van der Waals surface area (Å²) >= 11 is 0. The van der Waals surface area contributed by atoms with Gasteiger partial charge in [-0.3, -0.25) is 0 Å². The third-order valence-corrected chi connectivity index (χ3v) is 8.96. The van der Waals surface area contributed by atoms with Crippen LogP contribution >= 0.6 is 0 Å². The summed E-state index contributed by atoms with van der Waals surface area (Å²) in [5, 5.41) is 0. The summed E-state index contributed by atoms with van der Waals surface area (Å²) in [6.45, 7) is 16.0. The standard InChI is InChI=1S/C36H45N3/c1-7-24-38-30-18-11-9-16-28(30)35(3,4)32(38)22-20-26-14-13-15-27(34(26)37)21-23-33-36(5,6)29-17-10-12-19-31(29)39(33)25-8-2/h9-12,16-23,37H,7-8,13-15,24-25H2,1-6H3/p+1. The normalized spacial score (nSPS) is 21.9. The summed E-state index contributed by atoms with van der Waals surface area (Å²) in [4.78, 5) is 2.51. The van der Waals surface area contributed by atoms with Gasteiger partial charge in [-0.25, -0.2) is 0 Å². The fourth-order valence-corrected chi connectivity index (χ4v) is 6.86. The summed E-state index contributed by atoms with van der Waals surface area (Å²) < 4.78 is 2.51. The highest BCUT2D eigenvalue weighted by atomic mass is 15.2. The Labute approximate surface area is 236 Å². The first-order chi connectivity index (χ1) is 18.7. The Kier molecular flexibility index (Phi) is 7.46. The Balaban J connectivity index is 1.49. The third kappa shape index (κ3) is 4.71. The number of anilines is 1. The van der Waals surface area contributed by atoms with Crippen LogP contribution in [0.5, 0.6) is 0 Å². The van der Waals surface area contributed by atoms with E-state index in [9.17, 15) is 0 Å². The van der Waals surface area contributed by atoms with Gasteiger partial charge in [0.2, 0.25) is 5.69 Å². The summed E-state index contributed by atoms with van der Waals surface area (Å²) in [5.41, 5.74) is 18.6. The van der Waals surface area contributed by atoms with Gasteiger partial charge < -0.3 is 10.6 Å². The fourth-order valence-electron chi connectivity index (χ4n) is 6.86. The van der Waals surface area contributed by atoms with Crippen molar-refractivity contribution in [3.8, 4) is 0 Å². The topological polar surface area (TPSA) is 32.3 Å². The minimum Gasteiger partial charge on any atom is -0.398 e. The van der Waals surface area contributed by atoms with E-state index in [0.717, 1.165) is 50.9 Å². The molecule has 0 aromatic heterocycles. The minimum atomic E-state index is -0.0266. The van der Waals surface area contributed by atoms with Gasteiger partial charge in [0.25, 0.3) is 0 Å². The van der Waals surface area contributed by atoms with Crippen molar-refractivity contribution in [3.63, 3.8) is 0 Å². The van der Waals surface area contributed by atoms with Crippen molar-refractivity contribution in [1.29, 1.82) is 0 Å². The van der Waals surface area contributed by atoms with Crippen molar-refractivity contribution in [2.45, 2.75) is 84.5 Å². The molecule has 3 nitrogen and oxygen atoms in total. The maximum atomic E-state index is 6.88. The van der Waals surface area contributed by atoms with Crippen molar-refractivity contribution in [3.05, 3.63) is 107 Å². The lowest BCUT2D eigenvalue weighted by Crippen LogP contribution is -2.28. The number of rotatable bonds is 7. The average Bonchev–Trinajstić information content (AvgIpc) is 3.27. The van der Waals surface area contributed by atoms with E-state index in [2.05, 4.69) is 124 Å². The van der Waals surface area contributed by atoms with Crippen LogP contribution in [0.2, 0.25) is 0 Å². The van der Waals surface area contributed by atoms with Crippen LogP contribution in [0.4, 0.5) is 11.4 Å².